The Morgan fingerprint density at radius 3 is 2.62 bits per heavy atom. The average molecular weight is 237 g/mol. The van der Waals surface area contributed by atoms with E-state index in [1.54, 1.807) is 0 Å². The van der Waals surface area contributed by atoms with Crippen molar-refractivity contribution in [1.82, 2.24) is 4.90 Å². The SMILES string of the molecule is CCN(CC)C(=S)c1ccc2c(c1)OCO2. The first-order valence-electron chi connectivity index (χ1n) is 5.45. The van der Waals surface area contributed by atoms with Gasteiger partial charge in [0, 0.05) is 18.7 Å². The van der Waals surface area contributed by atoms with Gasteiger partial charge in [-0.05, 0) is 32.0 Å². The fourth-order valence-corrected chi connectivity index (χ4v) is 2.11. The van der Waals surface area contributed by atoms with Crippen LogP contribution in [0.4, 0.5) is 0 Å². The topological polar surface area (TPSA) is 21.7 Å². The highest BCUT2D eigenvalue weighted by atomic mass is 32.1. The lowest BCUT2D eigenvalue weighted by atomic mass is 10.2. The molecule has 0 radical (unpaired) electrons. The molecule has 0 N–H and O–H groups in total. The maximum absolute atomic E-state index is 5.44. The predicted molar refractivity (Wildman–Crippen MR) is 67.2 cm³/mol. The van der Waals surface area contributed by atoms with Crippen LogP contribution in [0.5, 0.6) is 11.5 Å². The molecule has 0 aromatic heterocycles. The molecule has 0 saturated carbocycles. The van der Waals surface area contributed by atoms with Gasteiger partial charge in [0.05, 0.1) is 0 Å². The maximum Gasteiger partial charge on any atom is 0.231 e. The van der Waals surface area contributed by atoms with Gasteiger partial charge >= 0.3 is 0 Å². The van der Waals surface area contributed by atoms with E-state index in [0.29, 0.717) is 6.79 Å². The lowest BCUT2D eigenvalue weighted by molar-refractivity contribution is 0.174. The van der Waals surface area contributed by atoms with Gasteiger partial charge in [0.25, 0.3) is 0 Å². The van der Waals surface area contributed by atoms with Crippen LogP contribution >= 0.6 is 12.2 Å². The Balaban J connectivity index is 2.24. The lowest BCUT2D eigenvalue weighted by Crippen LogP contribution is -2.29. The molecule has 0 unspecified atom stereocenters. The molecular formula is C12H15NO2S. The summed E-state index contributed by atoms with van der Waals surface area (Å²) in [5.41, 5.74) is 1.02. The van der Waals surface area contributed by atoms with E-state index in [0.717, 1.165) is 35.1 Å². The van der Waals surface area contributed by atoms with Crippen LogP contribution in [0, 0.1) is 0 Å². The van der Waals surface area contributed by atoms with Gasteiger partial charge in [-0.2, -0.15) is 0 Å². The van der Waals surface area contributed by atoms with Crippen molar-refractivity contribution < 1.29 is 9.47 Å². The van der Waals surface area contributed by atoms with Crippen LogP contribution in [0.25, 0.3) is 0 Å². The number of benzene rings is 1. The molecule has 0 spiro atoms. The third-order valence-corrected chi connectivity index (χ3v) is 3.16. The van der Waals surface area contributed by atoms with E-state index in [9.17, 15) is 0 Å². The average Bonchev–Trinajstić information content (AvgIpc) is 2.77. The summed E-state index contributed by atoms with van der Waals surface area (Å²) in [6, 6.07) is 5.84. The molecule has 1 heterocycles. The van der Waals surface area contributed by atoms with Gasteiger partial charge in [-0.1, -0.05) is 12.2 Å². The molecule has 1 aromatic rings. The molecule has 2 rings (SSSR count). The second kappa shape index (κ2) is 4.70. The van der Waals surface area contributed by atoms with Crippen LogP contribution in [0.15, 0.2) is 18.2 Å². The molecule has 4 heteroatoms. The van der Waals surface area contributed by atoms with Crippen molar-refractivity contribution >= 4 is 17.2 Å². The first kappa shape index (κ1) is 11.2. The Hall–Kier alpha value is -1.29. The highest BCUT2D eigenvalue weighted by Crippen LogP contribution is 2.32. The first-order chi connectivity index (χ1) is 7.76. The van der Waals surface area contributed by atoms with Crippen LogP contribution in [-0.2, 0) is 0 Å². The van der Waals surface area contributed by atoms with Crippen LogP contribution in [0.3, 0.4) is 0 Å². The van der Waals surface area contributed by atoms with Crippen molar-refractivity contribution in [3.63, 3.8) is 0 Å². The fourth-order valence-electron chi connectivity index (χ4n) is 1.72. The molecule has 0 aliphatic carbocycles. The number of ether oxygens (including phenoxy) is 2. The molecule has 16 heavy (non-hydrogen) atoms. The Bertz CT molecular complexity index is 402. The van der Waals surface area contributed by atoms with Gasteiger partial charge in [0.15, 0.2) is 11.5 Å². The Labute approximate surface area is 101 Å². The van der Waals surface area contributed by atoms with Crippen molar-refractivity contribution in [2.75, 3.05) is 19.9 Å². The Morgan fingerprint density at radius 1 is 1.25 bits per heavy atom. The van der Waals surface area contributed by atoms with Crippen molar-refractivity contribution in [2.24, 2.45) is 0 Å². The summed E-state index contributed by atoms with van der Waals surface area (Å²) in [5, 5.41) is 0. The molecule has 86 valence electrons. The summed E-state index contributed by atoms with van der Waals surface area (Å²) < 4.78 is 10.6. The molecule has 1 aliphatic heterocycles. The van der Waals surface area contributed by atoms with E-state index >= 15 is 0 Å². The van der Waals surface area contributed by atoms with Crippen LogP contribution in [0.1, 0.15) is 19.4 Å². The monoisotopic (exact) mass is 237 g/mol. The minimum Gasteiger partial charge on any atom is -0.454 e. The quantitative estimate of drug-likeness (QED) is 0.753. The summed E-state index contributed by atoms with van der Waals surface area (Å²) in [5.74, 6) is 1.58. The van der Waals surface area contributed by atoms with Crippen molar-refractivity contribution in [3.8, 4) is 11.5 Å². The van der Waals surface area contributed by atoms with Crippen molar-refractivity contribution in [1.29, 1.82) is 0 Å². The number of rotatable bonds is 3. The molecule has 1 aliphatic rings. The fraction of sp³-hybridized carbons (Fsp3) is 0.417. The Kier molecular flexibility index (Phi) is 3.29. The van der Waals surface area contributed by atoms with Gasteiger partial charge < -0.3 is 14.4 Å². The van der Waals surface area contributed by atoms with Gasteiger partial charge in [0.1, 0.15) is 4.99 Å². The normalized spacial score (nSPS) is 12.6. The highest BCUT2D eigenvalue weighted by Gasteiger charge is 2.16. The number of fused-ring (bicyclic) bond motifs is 1. The Morgan fingerprint density at radius 2 is 1.94 bits per heavy atom. The third-order valence-electron chi connectivity index (χ3n) is 2.67. The van der Waals surface area contributed by atoms with E-state index in [-0.39, 0.29) is 0 Å². The molecule has 0 saturated heterocycles. The lowest BCUT2D eigenvalue weighted by Gasteiger charge is -2.21. The van der Waals surface area contributed by atoms with Gasteiger partial charge in [-0.25, -0.2) is 0 Å². The van der Waals surface area contributed by atoms with Crippen LogP contribution < -0.4 is 9.47 Å². The van der Waals surface area contributed by atoms with Crippen molar-refractivity contribution in [3.05, 3.63) is 23.8 Å². The van der Waals surface area contributed by atoms with Gasteiger partial charge in [0.2, 0.25) is 6.79 Å². The minimum absolute atomic E-state index is 0.302. The summed E-state index contributed by atoms with van der Waals surface area (Å²) in [7, 11) is 0. The third kappa shape index (κ3) is 1.97. The van der Waals surface area contributed by atoms with Gasteiger partial charge in [-0.15, -0.1) is 0 Å². The van der Waals surface area contributed by atoms with Crippen molar-refractivity contribution in [2.45, 2.75) is 13.8 Å². The zero-order valence-electron chi connectivity index (χ0n) is 9.53. The largest absolute Gasteiger partial charge is 0.454 e. The summed E-state index contributed by atoms with van der Waals surface area (Å²) in [6.45, 7) is 6.34. The molecule has 3 nitrogen and oxygen atoms in total. The number of hydrogen-bond donors (Lipinski definition) is 0. The zero-order chi connectivity index (χ0) is 11.5. The molecular weight excluding hydrogens is 222 g/mol. The molecule has 0 amide bonds. The summed E-state index contributed by atoms with van der Waals surface area (Å²) in [4.78, 5) is 3.01. The number of hydrogen-bond acceptors (Lipinski definition) is 3. The zero-order valence-corrected chi connectivity index (χ0v) is 10.3. The molecule has 0 atom stereocenters. The second-order valence-electron chi connectivity index (χ2n) is 3.55. The smallest absolute Gasteiger partial charge is 0.231 e. The standard InChI is InChI=1S/C12H15NO2S/c1-3-13(4-2)12(16)9-5-6-10-11(7-9)15-8-14-10/h5-7H,3-4,8H2,1-2H3. The number of nitrogens with zero attached hydrogens (tertiary/aromatic N) is 1. The van der Waals surface area contributed by atoms with Gasteiger partial charge in [-0.3, -0.25) is 0 Å². The second-order valence-corrected chi connectivity index (χ2v) is 3.93. The van der Waals surface area contributed by atoms with E-state index in [4.69, 9.17) is 21.7 Å². The molecule has 0 fully saturated rings. The highest BCUT2D eigenvalue weighted by molar-refractivity contribution is 7.80. The van der Waals surface area contributed by atoms with E-state index < -0.39 is 0 Å². The van der Waals surface area contributed by atoms with Crippen LogP contribution in [-0.4, -0.2) is 29.8 Å². The maximum atomic E-state index is 5.44. The molecule has 1 aromatic carbocycles. The molecule has 0 bridgehead atoms. The van der Waals surface area contributed by atoms with Crippen LogP contribution in [0.2, 0.25) is 0 Å². The summed E-state index contributed by atoms with van der Waals surface area (Å²) >= 11 is 5.44. The van der Waals surface area contributed by atoms with E-state index in [1.165, 1.54) is 0 Å². The minimum atomic E-state index is 0.302. The van der Waals surface area contributed by atoms with E-state index in [1.807, 2.05) is 18.2 Å². The number of thiocarbonyl (C=S) groups is 1. The first-order valence-corrected chi connectivity index (χ1v) is 5.86. The van der Waals surface area contributed by atoms with E-state index in [2.05, 4.69) is 18.7 Å². The summed E-state index contributed by atoms with van der Waals surface area (Å²) in [6.07, 6.45) is 0. The predicted octanol–water partition coefficient (Wildman–Crippen LogP) is 2.43.